The van der Waals surface area contributed by atoms with Crippen molar-refractivity contribution in [1.82, 2.24) is 9.13 Å². The zero-order valence-corrected chi connectivity index (χ0v) is 11.2. The van der Waals surface area contributed by atoms with Crippen molar-refractivity contribution < 1.29 is 9.90 Å². The highest BCUT2D eigenvalue weighted by molar-refractivity contribution is 5.85. The Labute approximate surface area is 116 Å². The first kappa shape index (κ1) is 13.9. The summed E-state index contributed by atoms with van der Waals surface area (Å²) in [6.45, 7) is 2.97. The first-order valence-electron chi connectivity index (χ1n) is 6.36. The first-order chi connectivity index (χ1) is 9.61. The Morgan fingerprint density at radius 3 is 2.60 bits per heavy atom. The van der Waals surface area contributed by atoms with Crippen LogP contribution < -0.4 is 5.69 Å². The SMILES string of the molecule is CCn1ccn(Cc2ccccc2/C=C/C(=O)O)c1=O. The van der Waals surface area contributed by atoms with Gasteiger partial charge in [-0.2, -0.15) is 0 Å². The first-order valence-corrected chi connectivity index (χ1v) is 6.36. The maximum Gasteiger partial charge on any atom is 0.328 e. The van der Waals surface area contributed by atoms with Crippen molar-refractivity contribution in [2.24, 2.45) is 0 Å². The van der Waals surface area contributed by atoms with Crippen molar-refractivity contribution in [3.05, 3.63) is 64.3 Å². The van der Waals surface area contributed by atoms with Crippen LogP contribution in [0.4, 0.5) is 0 Å². The Kier molecular flexibility index (Phi) is 4.20. The van der Waals surface area contributed by atoms with Crippen LogP contribution in [0.5, 0.6) is 0 Å². The van der Waals surface area contributed by atoms with E-state index in [9.17, 15) is 9.59 Å². The molecule has 0 aliphatic carbocycles. The van der Waals surface area contributed by atoms with Gasteiger partial charge < -0.3 is 5.11 Å². The number of carboxylic acids is 1. The number of benzene rings is 1. The summed E-state index contributed by atoms with van der Waals surface area (Å²) in [5.41, 5.74) is 1.64. The minimum atomic E-state index is -0.992. The molecule has 0 saturated carbocycles. The standard InChI is InChI=1S/C15H16N2O3/c1-2-16-9-10-17(15(16)20)11-13-6-4-3-5-12(13)7-8-14(18)19/h3-10H,2,11H2,1H3,(H,18,19)/b8-7+. The van der Waals surface area contributed by atoms with Crippen molar-refractivity contribution >= 4 is 12.0 Å². The highest BCUT2D eigenvalue weighted by Gasteiger charge is 2.05. The van der Waals surface area contributed by atoms with E-state index in [0.29, 0.717) is 13.1 Å². The van der Waals surface area contributed by atoms with Gasteiger partial charge in [0.15, 0.2) is 0 Å². The second-order valence-corrected chi connectivity index (χ2v) is 4.37. The molecule has 1 N–H and O–H groups in total. The quantitative estimate of drug-likeness (QED) is 0.844. The molecule has 0 fully saturated rings. The number of imidazole rings is 1. The van der Waals surface area contributed by atoms with Gasteiger partial charge in [0.1, 0.15) is 0 Å². The molecule has 0 bridgehead atoms. The number of rotatable bonds is 5. The highest BCUT2D eigenvalue weighted by Crippen LogP contribution is 2.12. The fourth-order valence-corrected chi connectivity index (χ4v) is 2.00. The second kappa shape index (κ2) is 6.06. The van der Waals surface area contributed by atoms with Gasteiger partial charge in [0.25, 0.3) is 0 Å². The smallest absolute Gasteiger partial charge is 0.328 e. The largest absolute Gasteiger partial charge is 0.478 e. The summed E-state index contributed by atoms with van der Waals surface area (Å²) in [5, 5.41) is 8.69. The van der Waals surface area contributed by atoms with Gasteiger partial charge in [-0.3, -0.25) is 9.13 Å². The normalized spacial score (nSPS) is 11.1. The summed E-state index contributed by atoms with van der Waals surface area (Å²) in [5.74, 6) is -0.992. The van der Waals surface area contributed by atoms with Crippen molar-refractivity contribution in [3.63, 3.8) is 0 Å². The summed E-state index contributed by atoms with van der Waals surface area (Å²) in [6, 6.07) is 7.42. The van der Waals surface area contributed by atoms with Crippen molar-refractivity contribution in [3.8, 4) is 0 Å². The number of aromatic nitrogens is 2. The lowest BCUT2D eigenvalue weighted by Gasteiger charge is -2.06. The lowest BCUT2D eigenvalue weighted by atomic mass is 10.1. The Morgan fingerprint density at radius 1 is 1.25 bits per heavy atom. The summed E-state index contributed by atoms with van der Waals surface area (Å²) in [6.07, 6.45) is 6.12. The fourth-order valence-electron chi connectivity index (χ4n) is 2.00. The topological polar surface area (TPSA) is 64.2 Å². The van der Waals surface area contributed by atoms with E-state index in [1.54, 1.807) is 27.6 Å². The molecule has 0 aliphatic rings. The molecule has 5 nitrogen and oxygen atoms in total. The molecule has 2 aromatic rings. The number of aryl methyl sites for hydroxylation is 1. The highest BCUT2D eigenvalue weighted by atomic mass is 16.4. The summed E-state index contributed by atoms with van der Waals surface area (Å²) in [4.78, 5) is 22.6. The van der Waals surface area contributed by atoms with Gasteiger partial charge in [-0.15, -0.1) is 0 Å². The predicted molar refractivity (Wildman–Crippen MR) is 76.6 cm³/mol. The minimum absolute atomic E-state index is 0.0653. The van der Waals surface area contributed by atoms with Crippen LogP contribution in [0.25, 0.3) is 6.08 Å². The van der Waals surface area contributed by atoms with Crippen LogP contribution in [0.2, 0.25) is 0 Å². The van der Waals surface area contributed by atoms with E-state index in [1.165, 1.54) is 0 Å². The van der Waals surface area contributed by atoms with E-state index < -0.39 is 5.97 Å². The zero-order valence-electron chi connectivity index (χ0n) is 11.2. The van der Waals surface area contributed by atoms with Crippen molar-refractivity contribution in [1.29, 1.82) is 0 Å². The molecule has 0 radical (unpaired) electrons. The second-order valence-electron chi connectivity index (χ2n) is 4.37. The molecule has 1 aromatic carbocycles. The van der Waals surface area contributed by atoms with E-state index in [2.05, 4.69) is 0 Å². The molecule has 5 heteroatoms. The van der Waals surface area contributed by atoms with Crippen LogP contribution in [0, 0.1) is 0 Å². The average molecular weight is 272 g/mol. The van der Waals surface area contributed by atoms with Crippen molar-refractivity contribution in [2.75, 3.05) is 0 Å². The van der Waals surface area contributed by atoms with Gasteiger partial charge in [-0.1, -0.05) is 24.3 Å². The van der Waals surface area contributed by atoms with Gasteiger partial charge in [-0.05, 0) is 24.1 Å². The maximum atomic E-state index is 12.0. The summed E-state index contributed by atoms with van der Waals surface area (Å²) >= 11 is 0. The third-order valence-corrected chi connectivity index (χ3v) is 3.06. The van der Waals surface area contributed by atoms with Crippen LogP contribution >= 0.6 is 0 Å². The number of carboxylic acid groups (broad SMARTS) is 1. The molecule has 0 atom stereocenters. The Hall–Kier alpha value is -2.56. The van der Waals surface area contributed by atoms with Crippen LogP contribution in [-0.4, -0.2) is 20.2 Å². The molecule has 0 aliphatic heterocycles. The van der Waals surface area contributed by atoms with Crippen molar-refractivity contribution in [2.45, 2.75) is 20.0 Å². The van der Waals surface area contributed by atoms with Gasteiger partial charge in [0.2, 0.25) is 0 Å². The molecule has 20 heavy (non-hydrogen) atoms. The molecule has 1 heterocycles. The van der Waals surface area contributed by atoms with Crippen LogP contribution in [0.3, 0.4) is 0 Å². The van der Waals surface area contributed by atoms with Gasteiger partial charge in [-0.25, -0.2) is 9.59 Å². The van der Waals surface area contributed by atoms with E-state index in [0.717, 1.165) is 17.2 Å². The molecule has 1 aromatic heterocycles. The number of aliphatic carboxylic acids is 1. The Balaban J connectivity index is 2.31. The lowest BCUT2D eigenvalue weighted by molar-refractivity contribution is -0.131. The Morgan fingerprint density at radius 2 is 1.95 bits per heavy atom. The number of hydrogen-bond acceptors (Lipinski definition) is 2. The van der Waals surface area contributed by atoms with Crippen LogP contribution in [-0.2, 0) is 17.9 Å². The molecule has 0 unspecified atom stereocenters. The Bertz CT molecular complexity index is 695. The maximum absolute atomic E-state index is 12.0. The molecule has 0 spiro atoms. The van der Waals surface area contributed by atoms with E-state index in [1.807, 2.05) is 31.2 Å². The van der Waals surface area contributed by atoms with E-state index in [4.69, 9.17) is 5.11 Å². The minimum Gasteiger partial charge on any atom is -0.478 e. The van der Waals surface area contributed by atoms with E-state index >= 15 is 0 Å². The van der Waals surface area contributed by atoms with E-state index in [-0.39, 0.29) is 5.69 Å². The average Bonchev–Trinajstić information content (AvgIpc) is 2.78. The number of hydrogen-bond donors (Lipinski definition) is 1. The third-order valence-electron chi connectivity index (χ3n) is 3.06. The monoisotopic (exact) mass is 272 g/mol. The molecule has 0 saturated heterocycles. The molecule has 0 amide bonds. The van der Waals surface area contributed by atoms with Crippen LogP contribution in [0.1, 0.15) is 18.1 Å². The molecular formula is C15H16N2O3. The number of nitrogens with zero attached hydrogens (tertiary/aromatic N) is 2. The molecular weight excluding hydrogens is 256 g/mol. The molecule has 104 valence electrons. The lowest BCUT2D eigenvalue weighted by Crippen LogP contribution is -2.24. The van der Waals surface area contributed by atoms with Crippen LogP contribution in [0.15, 0.2) is 47.5 Å². The van der Waals surface area contributed by atoms with Gasteiger partial charge in [0.05, 0.1) is 6.54 Å². The summed E-state index contributed by atoms with van der Waals surface area (Å²) < 4.78 is 3.23. The molecule has 2 rings (SSSR count). The fraction of sp³-hybridized carbons (Fsp3) is 0.200. The van der Waals surface area contributed by atoms with Gasteiger partial charge >= 0.3 is 11.7 Å². The van der Waals surface area contributed by atoms with Gasteiger partial charge in [0, 0.05) is 25.0 Å². The predicted octanol–water partition coefficient (Wildman–Crippen LogP) is 1.82. The third kappa shape index (κ3) is 3.06. The zero-order chi connectivity index (χ0) is 14.5. The number of carbonyl (C=O) groups is 1. The summed E-state index contributed by atoms with van der Waals surface area (Å²) in [7, 11) is 0.